The van der Waals surface area contributed by atoms with Crippen LogP contribution in [0.4, 0.5) is 5.13 Å². The summed E-state index contributed by atoms with van der Waals surface area (Å²) in [6.07, 6.45) is 2.99. The normalized spacial score (nSPS) is 15.6. The molecule has 0 spiro atoms. The Morgan fingerprint density at radius 1 is 1.30 bits per heavy atom. The van der Waals surface area contributed by atoms with Crippen LogP contribution < -0.4 is 10.9 Å². The number of aryl methyl sites for hydroxylation is 2. The van der Waals surface area contributed by atoms with Crippen LogP contribution in [0, 0.1) is 18.8 Å². The number of ether oxygens (including phenoxy) is 1. The number of carbonyl (C=O) groups excluding carboxylic acids is 2. The largest absolute Gasteiger partial charge is 0.461 e. The minimum Gasteiger partial charge on any atom is -0.461 e. The summed E-state index contributed by atoms with van der Waals surface area (Å²) in [5, 5.41) is 4.17. The van der Waals surface area contributed by atoms with Gasteiger partial charge in [-0.3, -0.25) is 9.59 Å². The number of aromatic nitrogens is 3. The maximum atomic E-state index is 12.7. The first-order valence-electron chi connectivity index (χ1n) is 10.8. The van der Waals surface area contributed by atoms with Crippen LogP contribution in [0.1, 0.15) is 53.0 Å². The number of rotatable bonds is 7. The molecule has 1 aliphatic carbocycles. The molecule has 0 saturated heterocycles. The van der Waals surface area contributed by atoms with E-state index in [4.69, 9.17) is 4.74 Å². The third kappa shape index (κ3) is 5.47. The molecule has 3 heterocycles. The number of fused-ring (bicyclic) bond motifs is 3. The molecule has 11 heteroatoms. The number of nitrogens with one attached hydrogen (secondary N) is 2. The van der Waals surface area contributed by atoms with Crippen molar-refractivity contribution in [1.29, 1.82) is 0 Å². The summed E-state index contributed by atoms with van der Waals surface area (Å²) in [5.74, 6) is 0.187. The Labute approximate surface area is 203 Å². The molecule has 2 N–H and O–H groups in total. The number of aromatic amines is 1. The van der Waals surface area contributed by atoms with Crippen LogP contribution >= 0.6 is 34.4 Å². The monoisotopic (exact) mass is 506 g/mol. The van der Waals surface area contributed by atoms with Gasteiger partial charge in [-0.2, -0.15) is 0 Å². The first kappa shape index (κ1) is 23.9. The molecule has 33 heavy (non-hydrogen) atoms. The van der Waals surface area contributed by atoms with Crippen molar-refractivity contribution in [3.63, 3.8) is 0 Å². The van der Waals surface area contributed by atoms with Crippen LogP contribution in [0.2, 0.25) is 0 Å². The zero-order valence-corrected chi connectivity index (χ0v) is 21.4. The van der Waals surface area contributed by atoms with Gasteiger partial charge in [0, 0.05) is 4.88 Å². The predicted molar refractivity (Wildman–Crippen MR) is 133 cm³/mol. The van der Waals surface area contributed by atoms with E-state index in [-0.39, 0.29) is 23.1 Å². The van der Waals surface area contributed by atoms with Gasteiger partial charge in [0.1, 0.15) is 9.71 Å². The summed E-state index contributed by atoms with van der Waals surface area (Å²) in [4.78, 5) is 51.4. The second-order valence-corrected chi connectivity index (χ2v) is 11.7. The molecule has 0 fully saturated rings. The summed E-state index contributed by atoms with van der Waals surface area (Å²) < 4.78 is 5.25. The van der Waals surface area contributed by atoms with Crippen LogP contribution in [0.25, 0.3) is 10.2 Å². The van der Waals surface area contributed by atoms with E-state index in [0.29, 0.717) is 38.8 Å². The van der Waals surface area contributed by atoms with E-state index in [9.17, 15) is 14.4 Å². The van der Waals surface area contributed by atoms with Crippen LogP contribution in [0.15, 0.2) is 9.95 Å². The maximum Gasteiger partial charge on any atom is 0.350 e. The number of carbonyl (C=O) groups is 2. The molecule has 3 aromatic rings. The Balaban J connectivity index is 1.40. The lowest BCUT2D eigenvalue weighted by molar-refractivity contribution is -0.113. The molecule has 8 nitrogen and oxygen atoms in total. The number of amides is 1. The number of thiophene rings is 1. The van der Waals surface area contributed by atoms with E-state index in [1.807, 2.05) is 13.8 Å². The molecular weight excluding hydrogens is 480 g/mol. The third-order valence-corrected chi connectivity index (χ3v) is 8.33. The molecular formula is C22H26N4O4S3. The summed E-state index contributed by atoms with van der Waals surface area (Å²) in [6.45, 7) is 8.19. The van der Waals surface area contributed by atoms with Crippen molar-refractivity contribution in [3.05, 3.63) is 31.4 Å². The number of nitrogens with zero attached hydrogens (tertiary/aromatic N) is 2. The number of thiazole rings is 1. The van der Waals surface area contributed by atoms with E-state index in [2.05, 4.69) is 27.2 Å². The third-order valence-electron chi connectivity index (χ3n) is 5.26. The van der Waals surface area contributed by atoms with Crippen molar-refractivity contribution in [2.75, 3.05) is 17.7 Å². The molecule has 3 aromatic heterocycles. The van der Waals surface area contributed by atoms with Gasteiger partial charge in [0.2, 0.25) is 5.91 Å². The number of thioether (sulfide) groups is 1. The Bertz CT molecular complexity index is 1260. The van der Waals surface area contributed by atoms with E-state index < -0.39 is 5.97 Å². The predicted octanol–water partition coefficient (Wildman–Crippen LogP) is 4.42. The highest BCUT2D eigenvalue weighted by Crippen LogP contribution is 2.36. The Morgan fingerprint density at radius 2 is 2.09 bits per heavy atom. The summed E-state index contributed by atoms with van der Waals surface area (Å²) in [5.41, 5.74) is 1.51. The summed E-state index contributed by atoms with van der Waals surface area (Å²) >= 11 is 3.84. The number of anilines is 1. The fourth-order valence-electron chi connectivity index (χ4n) is 3.63. The highest BCUT2D eigenvalue weighted by atomic mass is 32.2. The fraction of sp³-hybridized carbons (Fsp3) is 0.500. The molecule has 0 aliphatic heterocycles. The molecule has 1 unspecified atom stereocenters. The highest BCUT2D eigenvalue weighted by molar-refractivity contribution is 7.99. The quantitative estimate of drug-likeness (QED) is 0.277. The minimum atomic E-state index is -0.434. The lowest BCUT2D eigenvalue weighted by atomic mass is 9.89. The lowest BCUT2D eigenvalue weighted by Crippen LogP contribution is -2.16. The van der Waals surface area contributed by atoms with Crippen molar-refractivity contribution in [2.45, 2.75) is 52.1 Å². The van der Waals surface area contributed by atoms with Crippen molar-refractivity contribution >= 4 is 61.7 Å². The highest BCUT2D eigenvalue weighted by Gasteiger charge is 2.23. The van der Waals surface area contributed by atoms with Gasteiger partial charge < -0.3 is 15.0 Å². The zero-order chi connectivity index (χ0) is 23.7. The average molecular weight is 507 g/mol. The molecule has 0 bridgehead atoms. The SMILES string of the molecule is Cc1nc(NC(=O)CSc2nc3sc4c(c3c(=O)[nH]2)CCC(C)C4)sc1C(=O)OCC(C)C. The summed E-state index contributed by atoms with van der Waals surface area (Å²) in [7, 11) is 0. The van der Waals surface area contributed by atoms with Gasteiger partial charge in [-0.1, -0.05) is 43.9 Å². The van der Waals surface area contributed by atoms with E-state index >= 15 is 0 Å². The fourth-order valence-corrected chi connectivity index (χ4v) is 6.61. The Morgan fingerprint density at radius 3 is 2.85 bits per heavy atom. The van der Waals surface area contributed by atoms with E-state index in [0.717, 1.165) is 41.0 Å². The Kier molecular flexibility index (Phi) is 7.20. The van der Waals surface area contributed by atoms with Crippen LogP contribution in [0.3, 0.4) is 0 Å². The molecule has 1 aliphatic rings. The number of hydrogen-bond acceptors (Lipinski definition) is 9. The smallest absolute Gasteiger partial charge is 0.350 e. The van der Waals surface area contributed by atoms with Gasteiger partial charge in [-0.15, -0.1) is 11.3 Å². The second kappa shape index (κ2) is 9.94. The number of hydrogen-bond donors (Lipinski definition) is 2. The van der Waals surface area contributed by atoms with Gasteiger partial charge >= 0.3 is 5.97 Å². The lowest BCUT2D eigenvalue weighted by Gasteiger charge is -2.17. The molecule has 4 rings (SSSR count). The molecule has 1 atom stereocenters. The van der Waals surface area contributed by atoms with Crippen molar-refractivity contribution in [3.8, 4) is 0 Å². The van der Waals surface area contributed by atoms with Gasteiger partial charge in [0.05, 0.1) is 23.4 Å². The van der Waals surface area contributed by atoms with Crippen LogP contribution in [-0.2, 0) is 22.4 Å². The van der Waals surface area contributed by atoms with E-state index in [1.54, 1.807) is 18.3 Å². The van der Waals surface area contributed by atoms with Crippen molar-refractivity contribution < 1.29 is 14.3 Å². The molecule has 0 radical (unpaired) electrons. The molecule has 176 valence electrons. The number of esters is 1. The summed E-state index contributed by atoms with van der Waals surface area (Å²) in [6, 6.07) is 0. The first-order chi connectivity index (χ1) is 15.7. The van der Waals surface area contributed by atoms with Gasteiger partial charge in [0.25, 0.3) is 5.56 Å². The molecule has 0 aromatic carbocycles. The zero-order valence-electron chi connectivity index (χ0n) is 18.9. The second-order valence-electron chi connectivity index (χ2n) is 8.67. The maximum absolute atomic E-state index is 12.7. The first-order valence-corrected chi connectivity index (χ1v) is 13.4. The molecule has 1 amide bonds. The van der Waals surface area contributed by atoms with Crippen LogP contribution in [0.5, 0.6) is 0 Å². The van der Waals surface area contributed by atoms with Gasteiger partial charge in [-0.25, -0.2) is 14.8 Å². The number of H-pyrrole nitrogens is 1. The van der Waals surface area contributed by atoms with Gasteiger partial charge in [0.15, 0.2) is 10.3 Å². The minimum absolute atomic E-state index is 0.0579. The van der Waals surface area contributed by atoms with Crippen LogP contribution in [-0.4, -0.2) is 39.2 Å². The molecule has 0 saturated carbocycles. The van der Waals surface area contributed by atoms with Crippen molar-refractivity contribution in [2.24, 2.45) is 11.8 Å². The van der Waals surface area contributed by atoms with Gasteiger partial charge in [-0.05, 0) is 43.6 Å². The Hall–Kier alpha value is -2.24. The topological polar surface area (TPSA) is 114 Å². The van der Waals surface area contributed by atoms with Crippen molar-refractivity contribution in [1.82, 2.24) is 15.0 Å². The van der Waals surface area contributed by atoms with E-state index in [1.165, 1.54) is 16.6 Å². The standard InChI is InChI=1S/C22H26N4O4S3/c1-10(2)8-30-20(29)17-12(4)23-22(33-17)24-15(27)9-31-21-25-18(28)16-13-6-5-11(3)7-14(13)32-19(16)26-21/h10-11H,5-9H2,1-4H3,(H,23,24,27)(H,25,26,28). The average Bonchev–Trinajstić information content (AvgIpc) is 3.29.